The number of anilines is 1. The maximum absolute atomic E-state index is 11.9. The molecule has 4 aliphatic carbocycles. The average molecular weight is 326 g/mol. The van der Waals surface area contributed by atoms with Crippen LogP contribution in [0.1, 0.15) is 36.0 Å². The number of aliphatic hydroxyl groups excluding tert-OH is 1. The highest BCUT2D eigenvalue weighted by Crippen LogP contribution is 2.54. The molecule has 4 bridgehead atoms. The van der Waals surface area contributed by atoms with Crippen LogP contribution >= 0.6 is 0 Å². The van der Waals surface area contributed by atoms with Crippen molar-refractivity contribution in [1.29, 1.82) is 0 Å². The molecular formula is C18H22N4O2. The highest BCUT2D eigenvalue weighted by atomic mass is 16.3. The van der Waals surface area contributed by atoms with Gasteiger partial charge in [0.2, 0.25) is 0 Å². The predicted octanol–water partition coefficient (Wildman–Crippen LogP) is 1.87. The number of carbonyl (C=O) groups excluding carboxylic acids is 1. The van der Waals surface area contributed by atoms with E-state index >= 15 is 0 Å². The number of aromatic nitrogens is 2. The quantitative estimate of drug-likeness (QED) is 0.691. The molecule has 126 valence electrons. The van der Waals surface area contributed by atoms with Gasteiger partial charge in [-0.2, -0.15) is 0 Å². The molecule has 2 aromatic heterocycles. The summed E-state index contributed by atoms with van der Waals surface area (Å²) in [5, 5.41) is 14.9. The van der Waals surface area contributed by atoms with Gasteiger partial charge in [0.25, 0.3) is 5.91 Å². The van der Waals surface area contributed by atoms with E-state index in [4.69, 9.17) is 5.73 Å². The van der Waals surface area contributed by atoms with E-state index in [-0.39, 0.29) is 6.10 Å². The number of aromatic amines is 1. The Hall–Kier alpha value is -2.08. The van der Waals surface area contributed by atoms with Crippen molar-refractivity contribution >= 4 is 22.6 Å². The highest BCUT2D eigenvalue weighted by Gasteiger charge is 2.52. The molecule has 0 aromatic carbocycles. The van der Waals surface area contributed by atoms with E-state index in [1.165, 1.54) is 0 Å². The van der Waals surface area contributed by atoms with Crippen molar-refractivity contribution in [2.24, 2.45) is 29.4 Å². The van der Waals surface area contributed by atoms with E-state index in [1.54, 1.807) is 6.20 Å². The van der Waals surface area contributed by atoms with E-state index in [9.17, 15) is 9.90 Å². The first kappa shape index (κ1) is 14.3. The molecule has 24 heavy (non-hydrogen) atoms. The van der Waals surface area contributed by atoms with Crippen molar-refractivity contribution in [2.75, 3.05) is 5.32 Å². The molecule has 2 aromatic rings. The Morgan fingerprint density at radius 3 is 2.50 bits per heavy atom. The number of H-pyrrole nitrogens is 1. The number of rotatable bonds is 3. The average Bonchev–Trinajstić information content (AvgIpc) is 3.01. The van der Waals surface area contributed by atoms with E-state index in [0.29, 0.717) is 35.3 Å². The summed E-state index contributed by atoms with van der Waals surface area (Å²) in [6.07, 6.45) is 7.62. The summed E-state index contributed by atoms with van der Waals surface area (Å²) in [5.74, 6) is 1.61. The number of nitrogens with one attached hydrogen (secondary N) is 2. The van der Waals surface area contributed by atoms with Crippen LogP contribution in [0.4, 0.5) is 5.69 Å². The van der Waals surface area contributed by atoms with Crippen molar-refractivity contribution in [2.45, 2.75) is 37.8 Å². The summed E-state index contributed by atoms with van der Waals surface area (Å²) in [6.45, 7) is 0. The number of hydrogen-bond acceptors (Lipinski definition) is 4. The Labute approximate surface area is 139 Å². The lowest BCUT2D eigenvalue weighted by atomic mass is 9.53. The second-order valence-electron chi connectivity index (χ2n) is 7.79. The summed E-state index contributed by atoms with van der Waals surface area (Å²) in [6, 6.07) is 2.29. The van der Waals surface area contributed by atoms with Gasteiger partial charge in [0, 0.05) is 23.8 Å². The molecule has 0 aliphatic heterocycles. The van der Waals surface area contributed by atoms with Gasteiger partial charge in [-0.15, -0.1) is 0 Å². The van der Waals surface area contributed by atoms with Crippen molar-refractivity contribution in [1.82, 2.24) is 9.97 Å². The normalized spacial score (nSPS) is 37.0. The number of amides is 1. The Kier molecular flexibility index (Phi) is 2.95. The molecule has 4 saturated carbocycles. The fourth-order valence-corrected chi connectivity index (χ4v) is 5.61. The molecule has 6 rings (SSSR count). The maximum atomic E-state index is 11.9. The van der Waals surface area contributed by atoms with Crippen LogP contribution in [0.15, 0.2) is 18.5 Å². The van der Waals surface area contributed by atoms with Gasteiger partial charge in [-0.05, 0) is 55.4 Å². The van der Waals surface area contributed by atoms with Crippen LogP contribution in [0.3, 0.4) is 0 Å². The van der Waals surface area contributed by atoms with Crippen LogP contribution in [-0.4, -0.2) is 33.1 Å². The fourth-order valence-electron chi connectivity index (χ4n) is 5.61. The van der Waals surface area contributed by atoms with Gasteiger partial charge in [-0.25, -0.2) is 4.98 Å². The molecule has 0 saturated heterocycles. The van der Waals surface area contributed by atoms with Crippen LogP contribution in [0.25, 0.3) is 11.0 Å². The van der Waals surface area contributed by atoms with Crippen molar-refractivity contribution in [3.05, 3.63) is 24.0 Å². The monoisotopic (exact) mass is 326 g/mol. The molecule has 6 heteroatoms. The highest BCUT2D eigenvalue weighted by molar-refractivity contribution is 6.06. The number of pyridine rings is 1. The minimum absolute atomic E-state index is 0.100. The Balaban J connectivity index is 1.52. The Morgan fingerprint density at radius 1 is 1.21 bits per heavy atom. The molecule has 4 aliphatic rings. The smallest absolute Gasteiger partial charge is 0.252 e. The Morgan fingerprint density at radius 2 is 1.88 bits per heavy atom. The molecular weight excluding hydrogens is 304 g/mol. The number of carbonyl (C=O) groups is 1. The van der Waals surface area contributed by atoms with Gasteiger partial charge in [0.1, 0.15) is 5.65 Å². The van der Waals surface area contributed by atoms with E-state index in [1.807, 2.05) is 12.3 Å². The van der Waals surface area contributed by atoms with Crippen molar-refractivity contribution in [3.63, 3.8) is 0 Å². The summed E-state index contributed by atoms with van der Waals surface area (Å²) in [4.78, 5) is 19.3. The standard InChI is InChI=1S/C18H22N4O2/c19-17(24)13-7-21-18-12(1-2-20-18)15(13)22-14-8-3-10-5-9(14)6-11(4-8)16(10)23/h1-2,7-11,14,16,23H,3-6H2,(H2,19,24)(H2,20,21,22). The second-order valence-corrected chi connectivity index (χ2v) is 7.79. The number of nitrogens with zero attached hydrogens (tertiary/aromatic N) is 1. The number of nitrogens with two attached hydrogens (primary N) is 1. The number of fused-ring (bicyclic) bond motifs is 1. The van der Waals surface area contributed by atoms with Gasteiger partial charge in [0.15, 0.2) is 0 Å². The van der Waals surface area contributed by atoms with Crippen LogP contribution < -0.4 is 11.1 Å². The number of hydrogen-bond donors (Lipinski definition) is 4. The summed E-state index contributed by atoms with van der Waals surface area (Å²) in [7, 11) is 0. The third kappa shape index (κ3) is 1.92. The van der Waals surface area contributed by atoms with Gasteiger partial charge in [-0.3, -0.25) is 4.79 Å². The molecule has 5 N–H and O–H groups in total. The van der Waals surface area contributed by atoms with Crippen LogP contribution in [0.2, 0.25) is 0 Å². The summed E-state index contributed by atoms with van der Waals surface area (Å²) in [5.41, 5.74) is 7.61. The molecule has 0 unspecified atom stereocenters. The van der Waals surface area contributed by atoms with Crippen LogP contribution in [0, 0.1) is 23.7 Å². The topological polar surface area (TPSA) is 104 Å². The molecule has 2 heterocycles. The molecule has 0 radical (unpaired) electrons. The summed E-state index contributed by atoms with van der Waals surface area (Å²) >= 11 is 0. The number of aliphatic hydroxyl groups is 1. The first-order valence-corrected chi connectivity index (χ1v) is 8.82. The lowest BCUT2D eigenvalue weighted by molar-refractivity contribution is -0.0976. The maximum Gasteiger partial charge on any atom is 0.252 e. The zero-order valence-electron chi connectivity index (χ0n) is 13.4. The minimum atomic E-state index is -0.452. The summed E-state index contributed by atoms with van der Waals surface area (Å²) < 4.78 is 0. The Bertz CT molecular complexity index is 784. The van der Waals surface area contributed by atoms with E-state index in [2.05, 4.69) is 15.3 Å². The first-order valence-electron chi connectivity index (χ1n) is 8.82. The van der Waals surface area contributed by atoms with Gasteiger partial charge >= 0.3 is 0 Å². The van der Waals surface area contributed by atoms with E-state index < -0.39 is 5.91 Å². The molecule has 6 nitrogen and oxygen atoms in total. The zero-order chi connectivity index (χ0) is 16.4. The lowest BCUT2D eigenvalue weighted by Gasteiger charge is -2.56. The van der Waals surface area contributed by atoms with Crippen LogP contribution in [0.5, 0.6) is 0 Å². The number of primary amides is 1. The third-order valence-corrected chi connectivity index (χ3v) is 6.57. The largest absolute Gasteiger partial charge is 0.393 e. The SMILES string of the molecule is NC(=O)c1cnc2[nH]ccc2c1NC1C2CC3CC1CC(C2)C3O. The third-order valence-electron chi connectivity index (χ3n) is 6.57. The molecule has 4 fully saturated rings. The zero-order valence-corrected chi connectivity index (χ0v) is 13.4. The molecule has 0 spiro atoms. The van der Waals surface area contributed by atoms with Gasteiger partial charge in [0.05, 0.1) is 17.4 Å². The van der Waals surface area contributed by atoms with Gasteiger partial charge in [-0.1, -0.05) is 0 Å². The first-order chi connectivity index (χ1) is 11.6. The minimum Gasteiger partial charge on any atom is -0.393 e. The van der Waals surface area contributed by atoms with Crippen molar-refractivity contribution in [3.8, 4) is 0 Å². The van der Waals surface area contributed by atoms with Crippen molar-refractivity contribution < 1.29 is 9.90 Å². The predicted molar refractivity (Wildman–Crippen MR) is 90.5 cm³/mol. The molecule has 0 atom stereocenters. The fraction of sp³-hybridized carbons (Fsp3) is 0.556. The second kappa shape index (κ2) is 4.96. The lowest BCUT2D eigenvalue weighted by Crippen LogP contribution is -2.57. The van der Waals surface area contributed by atoms with E-state index in [0.717, 1.165) is 42.4 Å². The molecule has 1 amide bonds. The van der Waals surface area contributed by atoms with Gasteiger partial charge < -0.3 is 21.1 Å². The van der Waals surface area contributed by atoms with Crippen LogP contribution in [-0.2, 0) is 0 Å².